The third-order valence-corrected chi connectivity index (χ3v) is 2.79. The van der Waals surface area contributed by atoms with Crippen molar-refractivity contribution in [1.82, 2.24) is 14.5 Å². The fraction of sp³-hybridized carbons (Fsp3) is 0.667. The first kappa shape index (κ1) is 16.3. The van der Waals surface area contributed by atoms with E-state index in [0.717, 1.165) is 6.54 Å². The number of ether oxygens (including phenoxy) is 1. The van der Waals surface area contributed by atoms with Crippen molar-refractivity contribution in [2.45, 2.75) is 13.5 Å². The van der Waals surface area contributed by atoms with Gasteiger partial charge in [-0.15, -0.1) is 0 Å². The summed E-state index contributed by atoms with van der Waals surface area (Å²) in [6, 6.07) is 0. The van der Waals surface area contributed by atoms with Crippen molar-refractivity contribution in [3.8, 4) is 0 Å². The molecule has 1 heterocycles. The molecule has 0 aliphatic rings. The van der Waals surface area contributed by atoms with Crippen molar-refractivity contribution in [3.63, 3.8) is 0 Å². The minimum atomic E-state index is -0.509. The molecule has 0 fully saturated rings. The monoisotopic (exact) mass is 285 g/mol. The first-order valence-corrected chi connectivity index (χ1v) is 6.56. The number of aromatic amines is 1. The molecular weight excluding hydrogens is 262 g/mol. The number of nitrogens with one attached hydrogen (secondary N) is 2. The van der Waals surface area contributed by atoms with E-state index in [1.165, 1.54) is 4.57 Å². The molecule has 0 spiro atoms. The van der Waals surface area contributed by atoms with Crippen molar-refractivity contribution in [2.24, 2.45) is 0 Å². The third-order valence-electron chi connectivity index (χ3n) is 2.79. The van der Waals surface area contributed by atoms with E-state index in [1.54, 1.807) is 6.92 Å². The average Bonchev–Trinajstić information content (AvgIpc) is 2.36. The molecule has 0 saturated heterocycles. The second-order valence-electron chi connectivity index (χ2n) is 4.61. The van der Waals surface area contributed by atoms with Crippen LogP contribution in [0.25, 0.3) is 0 Å². The number of likely N-dealkylation sites (N-methyl/N-ethyl adjacent to an activating group) is 1. The van der Waals surface area contributed by atoms with Crippen LogP contribution < -0.4 is 22.3 Å². The Morgan fingerprint density at radius 3 is 2.65 bits per heavy atom. The quantitative estimate of drug-likeness (QED) is 0.536. The summed E-state index contributed by atoms with van der Waals surface area (Å²) < 4.78 is 6.70. The van der Waals surface area contributed by atoms with E-state index < -0.39 is 11.2 Å². The molecule has 8 heteroatoms. The maximum Gasteiger partial charge on any atom is 0.330 e. The molecule has 0 saturated carbocycles. The molecule has 1 aromatic rings. The fourth-order valence-electron chi connectivity index (χ4n) is 1.67. The Morgan fingerprint density at radius 1 is 1.35 bits per heavy atom. The number of H-pyrrole nitrogens is 1. The van der Waals surface area contributed by atoms with Gasteiger partial charge < -0.3 is 20.7 Å². The number of nitrogens with two attached hydrogens (primary N) is 1. The highest BCUT2D eigenvalue weighted by Crippen LogP contribution is 2.08. The summed E-state index contributed by atoms with van der Waals surface area (Å²) in [5.74, 6) is 0.148. The number of nitrogens with zero attached hydrogens (tertiary/aromatic N) is 2. The SMILES string of the molecule is CCn1c(N)c(NCCOCCN(C)C)c(=O)[nH]c1=O. The van der Waals surface area contributed by atoms with Crippen LogP contribution in [0.2, 0.25) is 0 Å². The molecule has 0 aromatic carbocycles. The first-order valence-electron chi connectivity index (χ1n) is 6.56. The van der Waals surface area contributed by atoms with Crippen LogP contribution in [0, 0.1) is 0 Å². The number of aromatic nitrogens is 2. The van der Waals surface area contributed by atoms with Crippen molar-refractivity contribution < 1.29 is 4.74 Å². The lowest BCUT2D eigenvalue weighted by molar-refractivity contribution is 0.126. The summed E-state index contributed by atoms with van der Waals surface area (Å²) in [6.07, 6.45) is 0. The Balaban J connectivity index is 2.56. The van der Waals surface area contributed by atoms with Gasteiger partial charge in [0.15, 0.2) is 0 Å². The van der Waals surface area contributed by atoms with E-state index >= 15 is 0 Å². The second-order valence-corrected chi connectivity index (χ2v) is 4.61. The number of hydrogen-bond donors (Lipinski definition) is 3. The summed E-state index contributed by atoms with van der Waals surface area (Å²) in [5.41, 5.74) is 5.01. The Hall–Kier alpha value is -1.80. The highest BCUT2D eigenvalue weighted by molar-refractivity contribution is 5.60. The number of rotatable bonds is 8. The molecule has 0 aliphatic carbocycles. The predicted molar refractivity (Wildman–Crippen MR) is 79.3 cm³/mol. The van der Waals surface area contributed by atoms with E-state index in [4.69, 9.17) is 10.5 Å². The lowest BCUT2D eigenvalue weighted by Crippen LogP contribution is -2.34. The van der Waals surface area contributed by atoms with E-state index in [0.29, 0.717) is 26.3 Å². The van der Waals surface area contributed by atoms with Crippen LogP contribution in [0.5, 0.6) is 0 Å². The molecule has 0 radical (unpaired) electrons. The van der Waals surface area contributed by atoms with Gasteiger partial charge in [-0.3, -0.25) is 14.3 Å². The van der Waals surface area contributed by atoms with Crippen molar-refractivity contribution in [2.75, 3.05) is 51.4 Å². The Labute approximate surface area is 117 Å². The highest BCUT2D eigenvalue weighted by Gasteiger charge is 2.10. The van der Waals surface area contributed by atoms with E-state index in [2.05, 4.69) is 10.3 Å². The molecule has 0 unspecified atom stereocenters. The third kappa shape index (κ3) is 4.39. The minimum Gasteiger partial charge on any atom is -0.383 e. The summed E-state index contributed by atoms with van der Waals surface area (Å²) in [6.45, 7) is 4.54. The molecule has 0 amide bonds. The van der Waals surface area contributed by atoms with Crippen LogP contribution in [0.3, 0.4) is 0 Å². The van der Waals surface area contributed by atoms with Crippen LogP contribution in [-0.2, 0) is 11.3 Å². The molecule has 0 aliphatic heterocycles. The average molecular weight is 285 g/mol. The van der Waals surface area contributed by atoms with Crippen molar-refractivity contribution >= 4 is 11.5 Å². The summed E-state index contributed by atoms with van der Waals surface area (Å²) >= 11 is 0. The zero-order chi connectivity index (χ0) is 15.1. The van der Waals surface area contributed by atoms with Gasteiger partial charge in [0.05, 0.1) is 13.2 Å². The van der Waals surface area contributed by atoms with Crippen LogP contribution in [0.15, 0.2) is 9.59 Å². The van der Waals surface area contributed by atoms with Crippen molar-refractivity contribution in [3.05, 3.63) is 20.8 Å². The molecule has 1 aromatic heterocycles. The molecule has 8 nitrogen and oxygen atoms in total. The van der Waals surface area contributed by atoms with E-state index in [-0.39, 0.29) is 11.5 Å². The van der Waals surface area contributed by atoms with Gasteiger partial charge in [-0.1, -0.05) is 0 Å². The summed E-state index contributed by atoms with van der Waals surface area (Å²) in [7, 11) is 3.94. The van der Waals surface area contributed by atoms with Gasteiger partial charge in [0.2, 0.25) is 0 Å². The van der Waals surface area contributed by atoms with Gasteiger partial charge in [0, 0.05) is 19.6 Å². The zero-order valence-corrected chi connectivity index (χ0v) is 12.2. The number of nitrogen functional groups attached to an aromatic ring is 1. The van der Waals surface area contributed by atoms with Gasteiger partial charge in [-0.25, -0.2) is 4.79 Å². The van der Waals surface area contributed by atoms with Gasteiger partial charge in [0.25, 0.3) is 5.56 Å². The van der Waals surface area contributed by atoms with Gasteiger partial charge >= 0.3 is 5.69 Å². The molecule has 0 bridgehead atoms. The Bertz CT molecular complexity index is 535. The Kier molecular flexibility index (Phi) is 6.26. The second kappa shape index (κ2) is 7.71. The van der Waals surface area contributed by atoms with Crippen LogP contribution in [0.1, 0.15) is 6.92 Å². The predicted octanol–water partition coefficient (Wildman–Crippen LogP) is -0.871. The lowest BCUT2D eigenvalue weighted by Gasteiger charge is -2.13. The number of hydrogen-bond acceptors (Lipinski definition) is 6. The smallest absolute Gasteiger partial charge is 0.330 e. The van der Waals surface area contributed by atoms with Gasteiger partial charge in [-0.2, -0.15) is 0 Å². The molecule has 20 heavy (non-hydrogen) atoms. The maximum atomic E-state index is 11.7. The highest BCUT2D eigenvalue weighted by atomic mass is 16.5. The number of anilines is 2. The Morgan fingerprint density at radius 2 is 2.05 bits per heavy atom. The van der Waals surface area contributed by atoms with Crippen LogP contribution in [0.4, 0.5) is 11.5 Å². The standard InChI is InChI=1S/C12H23N5O3/c1-4-17-10(13)9(11(18)15-12(17)19)14-5-7-20-8-6-16(2)3/h14H,4-8,13H2,1-3H3,(H,15,18,19). The van der Waals surface area contributed by atoms with Crippen molar-refractivity contribution in [1.29, 1.82) is 0 Å². The lowest BCUT2D eigenvalue weighted by atomic mass is 10.4. The largest absolute Gasteiger partial charge is 0.383 e. The molecule has 0 atom stereocenters. The van der Waals surface area contributed by atoms with E-state index in [9.17, 15) is 9.59 Å². The normalized spacial score (nSPS) is 11.0. The maximum absolute atomic E-state index is 11.7. The van der Waals surface area contributed by atoms with Crippen LogP contribution in [-0.4, -0.2) is 54.8 Å². The van der Waals surface area contributed by atoms with Gasteiger partial charge in [-0.05, 0) is 21.0 Å². The molecular formula is C12H23N5O3. The molecule has 1 rings (SSSR count). The summed E-state index contributed by atoms with van der Waals surface area (Å²) in [5, 5.41) is 2.90. The fourth-order valence-corrected chi connectivity index (χ4v) is 1.67. The van der Waals surface area contributed by atoms with Gasteiger partial charge in [0.1, 0.15) is 11.5 Å². The molecule has 4 N–H and O–H groups in total. The molecule has 114 valence electrons. The zero-order valence-electron chi connectivity index (χ0n) is 12.2. The van der Waals surface area contributed by atoms with E-state index in [1.807, 2.05) is 19.0 Å². The summed E-state index contributed by atoms with van der Waals surface area (Å²) in [4.78, 5) is 27.4. The van der Waals surface area contributed by atoms with Crippen LogP contribution >= 0.6 is 0 Å². The first-order chi connectivity index (χ1) is 9.47. The minimum absolute atomic E-state index is 0.148. The topological polar surface area (TPSA) is 105 Å².